The molecule has 0 aromatic heterocycles. The Bertz CT molecular complexity index is 960. The number of benzene rings is 2. The highest BCUT2D eigenvalue weighted by molar-refractivity contribution is 6.32. The van der Waals surface area contributed by atoms with Gasteiger partial charge in [0.05, 0.1) is 5.02 Å². The van der Waals surface area contributed by atoms with Crippen LogP contribution in [0.4, 0.5) is 22.0 Å². The Hall–Kier alpha value is -2.95. The maximum atomic E-state index is 13.3. The molecule has 150 valence electrons. The van der Waals surface area contributed by atoms with Crippen LogP contribution in [0.5, 0.6) is 28.7 Å². The Kier molecular flexibility index (Phi) is 4.66. The molecule has 0 bridgehead atoms. The summed E-state index contributed by atoms with van der Waals surface area (Å²) in [5.74, 6) is -3.79. The molecule has 2 aromatic carbocycles. The maximum Gasteiger partial charge on any atom is 0.586 e. The molecule has 0 atom stereocenters. The van der Waals surface area contributed by atoms with Crippen LogP contribution in [0.1, 0.15) is 15.9 Å². The van der Waals surface area contributed by atoms with Crippen LogP contribution in [0.3, 0.4) is 0 Å². The van der Waals surface area contributed by atoms with Gasteiger partial charge >= 0.3 is 18.6 Å². The summed E-state index contributed by atoms with van der Waals surface area (Å²) in [7, 11) is 0. The molecule has 12 heteroatoms. The van der Waals surface area contributed by atoms with Gasteiger partial charge in [-0.3, -0.25) is 0 Å². The molecular formula is C16H8ClF5O6. The van der Waals surface area contributed by atoms with Crippen LogP contribution in [0.25, 0.3) is 0 Å². The molecule has 0 aliphatic carbocycles. The number of alkyl halides is 5. The largest absolute Gasteiger partial charge is 0.586 e. The summed E-state index contributed by atoms with van der Waals surface area (Å²) in [5.41, 5.74) is -0.725. The quantitative estimate of drug-likeness (QED) is 0.664. The Morgan fingerprint density at radius 1 is 1.18 bits per heavy atom. The van der Waals surface area contributed by atoms with E-state index < -0.39 is 47.2 Å². The molecule has 0 saturated carbocycles. The normalized spacial score (nSPS) is 14.7. The van der Waals surface area contributed by atoms with Gasteiger partial charge in [0.25, 0.3) is 0 Å². The second-order valence-electron chi connectivity index (χ2n) is 5.42. The van der Waals surface area contributed by atoms with E-state index in [4.69, 9.17) is 16.3 Å². The molecule has 0 unspecified atom stereocenters. The number of hydrogen-bond acceptors (Lipinski definition) is 5. The van der Waals surface area contributed by atoms with E-state index in [1.807, 2.05) is 0 Å². The number of hydrogen-bond donors (Lipinski definition) is 1. The van der Waals surface area contributed by atoms with Crippen LogP contribution >= 0.6 is 11.6 Å². The van der Waals surface area contributed by atoms with Crippen LogP contribution in [-0.4, -0.2) is 23.7 Å². The predicted octanol–water partition coefficient (Wildman–Crippen LogP) is 5.36. The number of aromatic carboxylic acids is 1. The van der Waals surface area contributed by atoms with Crippen molar-refractivity contribution in [3.8, 4) is 28.7 Å². The molecular weight excluding hydrogens is 419 g/mol. The molecule has 0 saturated heterocycles. The third kappa shape index (κ3) is 3.98. The molecule has 1 aliphatic rings. The fourth-order valence-electron chi connectivity index (χ4n) is 2.44. The zero-order valence-electron chi connectivity index (χ0n) is 13.6. The second-order valence-corrected chi connectivity index (χ2v) is 5.82. The van der Waals surface area contributed by atoms with Gasteiger partial charge < -0.3 is 24.1 Å². The zero-order chi connectivity index (χ0) is 20.9. The van der Waals surface area contributed by atoms with Crippen molar-refractivity contribution in [3.63, 3.8) is 0 Å². The van der Waals surface area contributed by atoms with Crippen molar-refractivity contribution in [1.29, 1.82) is 0 Å². The minimum atomic E-state index is -4.94. The Morgan fingerprint density at radius 2 is 1.86 bits per heavy atom. The predicted molar refractivity (Wildman–Crippen MR) is 82.6 cm³/mol. The lowest BCUT2D eigenvalue weighted by Gasteiger charge is -2.14. The average Bonchev–Trinajstić information content (AvgIpc) is 2.83. The van der Waals surface area contributed by atoms with E-state index in [2.05, 4.69) is 14.2 Å². The van der Waals surface area contributed by atoms with Crippen molar-refractivity contribution in [2.75, 3.05) is 0 Å². The third-order valence-electron chi connectivity index (χ3n) is 3.47. The van der Waals surface area contributed by atoms with Gasteiger partial charge in [0.2, 0.25) is 0 Å². The first-order valence-electron chi connectivity index (χ1n) is 7.26. The first kappa shape index (κ1) is 19.8. The van der Waals surface area contributed by atoms with Gasteiger partial charge in [-0.25, -0.2) is 4.79 Å². The van der Waals surface area contributed by atoms with E-state index in [9.17, 15) is 31.9 Å². The first-order chi connectivity index (χ1) is 12.9. The van der Waals surface area contributed by atoms with E-state index in [1.54, 1.807) is 0 Å². The molecule has 2 aromatic rings. The SMILES string of the molecule is Cc1c2c(cc(Oc3ccc(OC(F)(F)F)cc3Cl)c1C(=O)O)OC(F)(F)O2. The van der Waals surface area contributed by atoms with Crippen LogP contribution in [0, 0.1) is 6.92 Å². The highest BCUT2D eigenvalue weighted by Crippen LogP contribution is 2.48. The number of carboxylic acids is 1. The van der Waals surface area contributed by atoms with E-state index in [0.29, 0.717) is 0 Å². The molecule has 3 rings (SSSR count). The summed E-state index contributed by atoms with van der Waals surface area (Å²) in [6.45, 7) is 1.20. The second kappa shape index (κ2) is 6.59. The summed E-state index contributed by atoms with van der Waals surface area (Å²) in [5, 5.41) is 9.04. The average molecular weight is 427 g/mol. The summed E-state index contributed by atoms with van der Waals surface area (Å²) < 4.78 is 80.9. The molecule has 0 amide bonds. The summed E-state index contributed by atoms with van der Waals surface area (Å²) in [4.78, 5) is 11.5. The van der Waals surface area contributed by atoms with Gasteiger partial charge in [-0.15, -0.1) is 22.0 Å². The van der Waals surface area contributed by atoms with E-state index >= 15 is 0 Å². The van der Waals surface area contributed by atoms with E-state index in [-0.39, 0.29) is 16.3 Å². The fraction of sp³-hybridized carbons (Fsp3) is 0.188. The van der Waals surface area contributed by atoms with Crippen molar-refractivity contribution < 1.29 is 50.8 Å². The van der Waals surface area contributed by atoms with Crippen LogP contribution in [0.15, 0.2) is 24.3 Å². The van der Waals surface area contributed by atoms with Gasteiger partial charge in [-0.2, -0.15) is 0 Å². The lowest BCUT2D eigenvalue weighted by molar-refractivity contribution is -0.287. The molecule has 28 heavy (non-hydrogen) atoms. The van der Waals surface area contributed by atoms with Crippen molar-refractivity contribution in [2.24, 2.45) is 0 Å². The monoisotopic (exact) mass is 426 g/mol. The van der Waals surface area contributed by atoms with Gasteiger partial charge in [0.15, 0.2) is 11.5 Å². The topological polar surface area (TPSA) is 74.2 Å². The maximum absolute atomic E-state index is 13.3. The van der Waals surface area contributed by atoms with Crippen LogP contribution < -0.4 is 18.9 Å². The number of carbonyl (C=O) groups is 1. The summed E-state index contributed by atoms with van der Waals surface area (Å²) in [6, 6.07) is 3.51. The van der Waals surface area contributed by atoms with Crippen molar-refractivity contribution in [2.45, 2.75) is 19.6 Å². The Balaban J connectivity index is 1.99. The molecule has 1 aliphatic heterocycles. The molecule has 0 spiro atoms. The first-order valence-corrected chi connectivity index (χ1v) is 7.64. The minimum absolute atomic E-state index is 0.203. The minimum Gasteiger partial charge on any atom is -0.478 e. The lowest BCUT2D eigenvalue weighted by Crippen LogP contribution is -2.26. The van der Waals surface area contributed by atoms with Crippen molar-refractivity contribution in [1.82, 2.24) is 0 Å². The highest BCUT2D eigenvalue weighted by atomic mass is 35.5. The van der Waals surface area contributed by atoms with Crippen LogP contribution in [-0.2, 0) is 0 Å². The smallest absolute Gasteiger partial charge is 0.478 e. The Morgan fingerprint density at radius 3 is 2.43 bits per heavy atom. The van der Waals surface area contributed by atoms with Crippen LogP contribution in [0.2, 0.25) is 5.02 Å². The van der Waals surface area contributed by atoms with E-state index in [0.717, 1.165) is 24.3 Å². The number of carboxylic acid groups (broad SMARTS) is 1. The highest BCUT2D eigenvalue weighted by Gasteiger charge is 2.45. The number of fused-ring (bicyclic) bond motifs is 1. The van der Waals surface area contributed by atoms with Crippen molar-refractivity contribution >= 4 is 17.6 Å². The third-order valence-corrected chi connectivity index (χ3v) is 3.76. The number of halogens is 6. The van der Waals surface area contributed by atoms with Gasteiger partial charge in [0, 0.05) is 17.7 Å². The summed E-state index contributed by atoms with van der Waals surface area (Å²) in [6.07, 6.45) is -8.93. The number of ether oxygens (including phenoxy) is 4. The molecule has 6 nitrogen and oxygen atoms in total. The Labute approximate surface area is 157 Å². The molecule has 0 radical (unpaired) electrons. The van der Waals surface area contributed by atoms with Gasteiger partial charge in [0.1, 0.15) is 22.8 Å². The lowest BCUT2D eigenvalue weighted by atomic mass is 10.1. The van der Waals surface area contributed by atoms with Crippen molar-refractivity contribution in [3.05, 3.63) is 40.4 Å². The standard InChI is InChI=1S/C16H8ClF5O6/c1-6-12(14(23)24)10(5-11-13(6)28-16(21,22)27-11)25-9-3-2-7(4-8(9)17)26-15(18,19)20/h2-5H,1H3,(H,23,24). The fourth-order valence-corrected chi connectivity index (χ4v) is 2.65. The molecule has 1 heterocycles. The van der Waals surface area contributed by atoms with Gasteiger partial charge in [-0.05, 0) is 19.1 Å². The summed E-state index contributed by atoms with van der Waals surface area (Å²) >= 11 is 5.85. The molecule has 1 N–H and O–H groups in total. The van der Waals surface area contributed by atoms with E-state index in [1.165, 1.54) is 6.92 Å². The van der Waals surface area contributed by atoms with Gasteiger partial charge in [-0.1, -0.05) is 11.6 Å². The molecule has 0 fully saturated rings. The zero-order valence-corrected chi connectivity index (χ0v) is 14.3. The number of rotatable bonds is 4.